The first kappa shape index (κ1) is 20.5. The van der Waals surface area contributed by atoms with E-state index in [-0.39, 0.29) is 6.04 Å². The summed E-state index contributed by atoms with van der Waals surface area (Å²) in [4.78, 5) is 23.2. The van der Waals surface area contributed by atoms with Crippen molar-refractivity contribution in [3.05, 3.63) is 42.5 Å². The summed E-state index contributed by atoms with van der Waals surface area (Å²) in [6.07, 6.45) is 1.12. The summed E-state index contributed by atoms with van der Waals surface area (Å²) in [5, 5.41) is 23.9. The summed E-state index contributed by atoms with van der Waals surface area (Å²) in [5.74, 6) is -1.42. The van der Waals surface area contributed by atoms with Gasteiger partial charge in [-0.1, -0.05) is 18.2 Å². The number of nitrogens with one attached hydrogen (secondary N) is 1. The van der Waals surface area contributed by atoms with E-state index in [9.17, 15) is 9.59 Å². The van der Waals surface area contributed by atoms with Crippen LogP contribution in [-0.2, 0) is 9.59 Å². The van der Waals surface area contributed by atoms with Gasteiger partial charge in [0.1, 0.15) is 0 Å². The van der Waals surface area contributed by atoms with Crippen LogP contribution in [0.25, 0.3) is 0 Å². The lowest BCUT2D eigenvalue weighted by Gasteiger charge is -2.25. The van der Waals surface area contributed by atoms with Gasteiger partial charge in [0.25, 0.3) is 0 Å². The van der Waals surface area contributed by atoms with E-state index in [1.807, 2.05) is 35.2 Å². The van der Waals surface area contributed by atoms with Crippen molar-refractivity contribution < 1.29 is 19.8 Å². The number of halogens is 1. The summed E-state index contributed by atoms with van der Waals surface area (Å²) in [6.45, 7) is 5.04. The number of benzene rings is 1. The minimum absolute atomic E-state index is 0.189. The van der Waals surface area contributed by atoms with E-state index in [4.69, 9.17) is 27.2 Å². The van der Waals surface area contributed by atoms with Crippen molar-refractivity contribution >= 4 is 35.2 Å². The minimum atomic E-state index is -1.26. The second kappa shape index (κ2) is 9.68. The molecule has 1 aliphatic rings. The minimum Gasteiger partial charge on any atom is -0.478 e. The van der Waals surface area contributed by atoms with Crippen LogP contribution in [0.2, 0.25) is 0 Å². The molecule has 1 saturated heterocycles. The molecule has 0 amide bonds. The summed E-state index contributed by atoms with van der Waals surface area (Å²) in [7, 11) is 0. The van der Waals surface area contributed by atoms with Gasteiger partial charge in [0.2, 0.25) is 0 Å². The quantitative estimate of drug-likeness (QED) is 0.545. The molecule has 0 bridgehead atoms. The summed E-state index contributed by atoms with van der Waals surface area (Å²) >= 11 is 6.02. The number of aliphatic carboxylic acids is 2. The van der Waals surface area contributed by atoms with Crippen molar-refractivity contribution in [2.24, 2.45) is 0 Å². The van der Waals surface area contributed by atoms with Gasteiger partial charge in [0, 0.05) is 36.3 Å². The highest BCUT2D eigenvalue weighted by Crippen LogP contribution is 2.25. The molecule has 2 rings (SSSR count). The number of hydrogen-bond donors (Lipinski definition) is 3. The van der Waals surface area contributed by atoms with Gasteiger partial charge in [-0.3, -0.25) is 5.41 Å². The molecule has 1 aromatic carbocycles. The maximum atomic E-state index is 9.55. The van der Waals surface area contributed by atoms with Crippen molar-refractivity contribution in [2.75, 3.05) is 17.3 Å². The van der Waals surface area contributed by atoms with Crippen LogP contribution in [0, 0.1) is 5.41 Å². The SMILES string of the molecule is CC(C)N1CC(CCl)N(c2ccccc2)C1=N.O=C(O)/C=C/C(=O)O. The van der Waals surface area contributed by atoms with Gasteiger partial charge < -0.3 is 20.0 Å². The number of anilines is 1. The smallest absolute Gasteiger partial charge is 0.328 e. The Hall–Kier alpha value is -2.54. The van der Waals surface area contributed by atoms with Crippen LogP contribution < -0.4 is 4.90 Å². The van der Waals surface area contributed by atoms with Crippen LogP contribution in [0.15, 0.2) is 42.5 Å². The number of carbonyl (C=O) groups is 2. The van der Waals surface area contributed by atoms with Crippen molar-refractivity contribution in [3.8, 4) is 0 Å². The molecule has 0 radical (unpaired) electrons. The van der Waals surface area contributed by atoms with E-state index >= 15 is 0 Å². The Kier molecular flexibility index (Phi) is 7.94. The standard InChI is InChI=1S/C13H18ClN3.C4H4O4/c1-10(2)16-9-12(8-14)17(13(16)15)11-6-4-3-5-7-11;5-3(6)1-2-4(7)8/h3-7,10,12,15H,8-9H2,1-2H3;1-2H,(H,5,6)(H,7,8)/b;2-1+. The molecule has 0 spiro atoms. The molecule has 1 aliphatic heterocycles. The zero-order valence-corrected chi connectivity index (χ0v) is 14.8. The van der Waals surface area contributed by atoms with E-state index in [0.29, 0.717) is 30.0 Å². The first-order valence-corrected chi connectivity index (χ1v) is 8.20. The third-order valence-electron chi connectivity index (χ3n) is 3.48. The third-order valence-corrected chi connectivity index (χ3v) is 3.83. The Labute approximate surface area is 151 Å². The van der Waals surface area contributed by atoms with Gasteiger partial charge in [-0.15, -0.1) is 11.6 Å². The Balaban J connectivity index is 0.000000333. The second-order valence-electron chi connectivity index (χ2n) is 5.59. The van der Waals surface area contributed by atoms with Gasteiger partial charge in [-0.2, -0.15) is 0 Å². The number of carboxylic acid groups (broad SMARTS) is 2. The molecule has 1 atom stereocenters. The zero-order chi connectivity index (χ0) is 19.0. The van der Waals surface area contributed by atoms with Crippen LogP contribution in [0.3, 0.4) is 0 Å². The normalized spacial score (nSPS) is 17.0. The van der Waals surface area contributed by atoms with Crippen molar-refractivity contribution in [2.45, 2.75) is 25.9 Å². The van der Waals surface area contributed by atoms with E-state index in [1.54, 1.807) is 0 Å². The molecular formula is C17H22ClN3O4. The average Bonchev–Trinajstić information content (AvgIpc) is 2.91. The van der Waals surface area contributed by atoms with Gasteiger partial charge in [-0.05, 0) is 26.0 Å². The summed E-state index contributed by atoms with van der Waals surface area (Å²) in [5.41, 5.74) is 1.05. The lowest BCUT2D eigenvalue weighted by atomic mass is 10.2. The number of carboxylic acids is 2. The first-order chi connectivity index (χ1) is 11.8. The van der Waals surface area contributed by atoms with Gasteiger partial charge in [0.15, 0.2) is 5.96 Å². The number of alkyl halides is 1. The molecule has 1 fully saturated rings. The lowest BCUT2D eigenvalue weighted by molar-refractivity contribution is -0.134. The Bertz CT molecular complexity index is 618. The van der Waals surface area contributed by atoms with E-state index in [2.05, 4.69) is 18.7 Å². The van der Waals surface area contributed by atoms with Crippen molar-refractivity contribution in [1.29, 1.82) is 5.41 Å². The number of para-hydroxylation sites is 1. The molecule has 1 heterocycles. The van der Waals surface area contributed by atoms with Crippen LogP contribution in [0.5, 0.6) is 0 Å². The molecule has 1 unspecified atom stereocenters. The Morgan fingerprint density at radius 2 is 1.76 bits per heavy atom. The largest absolute Gasteiger partial charge is 0.478 e. The molecule has 7 nitrogen and oxygen atoms in total. The fourth-order valence-corrected chi connectivity index (χ4v) is 2.58. The van der Waals surface area contributed by atoms with Crippen molar-refractivity contribution in [3.63, 3.8) is 0 Å². The van der Waals surface area contributed by atoms with E-state index < -0.39 is 11.9 Å². The first-order valence-electron chi connectivity index (χ1n) is 7.67. The topological polar surface area (TPSA) is 105 Å². The predicted molar refractivity (Wildman–Crippen MR) is 97.4 cm³/mol. The molecule has 8 heteroatoms. The third kappa shape index (κ3) is 6.11. The summed E-state index contributed by atoms with van der Waals surface area (Å²) in [6, 6.07) is 10.5. The lowest BCUT2D eigenvalue weighted by Crippen LogP contribution is -2.38. The molecule has 3 N–H and O–H groups in total. The fraction of sp³-hybridized carbons (Fsp3) is 0.353. The molecule has 1 aromatic rings. The maximum absolute atomic E-state index is 9.55. The Morgan fingerprint density at radius 3 is 2.16 bits per heavy atom. The molecule has 136 valence electrons. The van der Waals surface area contributed by atoms with Crippen LogP contribution in [0.4, 0.5) is 5.69 Å². The number of hydrogen-bond acceptors (Lipinski definition) is 3. The highest BCUT2D eigenvalue weighted by Gasteiger charge is 2.35. The van der Waals surface area contributed by atoms with Crippen LogP contribution in [-0.4, -0.2) is 57.5 Å². The molecule has 0 aliphatic carbocycles. The molecular weight excluding hydrogens is 346 g/mol. The van der Waals surface area contributed by atoms with Crippen molar-refractivity contribution in [1.82, 2.24) is 4.90 Å². The second-order valence-corrected chi connectivity index (χ2v) is 5.90. The number of guanidine groups is 1. The highest BCUT2D eigenvalue weighted by atomic mass is 35.5. The van der Waals surface area contributed by atoms with Gasteiger partial charge >= 0.3 is 11.9 Å². The van der Waals surface area contributed by atoms with Gasteiger partial charge in [-0.25, -0.2) is 9.59 Å². The maximum Gasteiger partial charge on any atom is 0.328 e. The van der Waals surface area contributed by atoms with Crippen LogP contribution >= 0.6 is 11.6 Å². The number of rotatable bonds is 5. The molecule has 0 saturated carbocycles. The summed E-state index contributed by atoms with van der Waals surface area (Å²) < 4.78 is 0. The average molecular weight is 368 g/mol. The molecule has 25 heavy (non-hydrogen) atoms. The van der Waals surface area contributed by atoms with E-state index in [1.165, 1.54) is 0 Å². The highest BCUT2D eigenvalue weighted by molar-refractivity contribution is 6.19. The Morgan fingerprint density at radius 1 is 1.24 bits per heavy atom. The van der Waals surface area contributed by atoms with Crippen LogP contribution in [0.1, 0.15) is 13.8 Å². The van der Waals surface area contributed by atoms with E-state index in [0.717, 1.165) is 12.2 Å². The number of nitrogens with zero attached hydrogens (tertiary/aromatic N) is 2. The molecule has 0 aromatic heterocycles. The fourth-order valence-electron chi connectivity index (χ4n) is 2.34. The monoisotopic (exact) mass is 367 g/mol. The predicted octanol–water partition coefficient (Wildman–Crippen LogP) is 2.47. The van der Waals surface area contributed by atoms with Gasteiger partial charge in [0.05, 0.1) is 6.04 Å². The zero-order valence-electron chi connectivity index (χ0n) is 14.1.